The van der Waals surface area contributed by atoms with Gasteiger partial charge in [0.2, 0.25) is 0 Å². The summed E-state index contributed by atoms with van der Waals surface area (Å²) >= 11 is 0. The predicted octanol–water partition coefficient (Wildman–Crippen LogP) is 1.79. The van der Waals surface area contributed by atoms with Gasteiger partial charge in [-0.05, 0) is 26.2 Å². The van der Waals surface area contributed by atoms with Crippen molar-refractivity contribution in [1.82, 2.24) is 5.32 Å². The van der Waals surface area contributed by atoms with Gasteiger partial charge in [-0.3, -0.25) is 10.1 Å². The molecule has 16 heavy (non-hydrogen) atoms. The molecule has 3 unspecified atom stereocenters. The van der Waals surface area contributed by atoms with E-state index in [2.05, 4.69) is 12.2 Å². The molecule has 2 N–H and O–H groups in total. The Morgan fingerprint density at radius 3 is 2.81 bits per heavy atom. The zero-order valence-electron chi connectivity index (χ0n) is 10.5. The topological polar surface area (TPSA) is 58.6 Å². The maximum absolute atomic E-state index is 11.6. The number of aliphatic carboxylic acids is 1. The molecular formula is C12H23NO3. The molecule has 0 aromatic heterocycles. The van der Waals surface area contributed by atoms with Crippen LogP contribution in [0, 0.1) is 0 Å². The first-order valence-electron chi connectivity index (χ1n) is 6.10. The molecular weight excluding hydrogens is 206 g/mol. The molecule has 0 saturated heterocycles. The highest BCUT2D eigenvalue weighted by atomic mass is 16.5. The zero-order valence-corrected chi connectivity index (χ0v) is 10.5. The number of hydrogen-bond acceptors (Lipinski definition) is 3. The summed E-state index contributed by atoms with van der Waals surface area (Å²) in [7, 11) is 1.60. The largest absolute Gasteiger partial charge is 0.480 e. The van der Waals surface area contributed by atoms with Crippen molar-refractivity contribution in [3.63, 3.8) is 0 Å². The third-order valence-corrected chi connectivity index (χ3v) is 3.62. The van der Waals surface area contributed by atoms with Crippen molar-refractivity contribution in [2.24, 2.45) is 0 Å². The second kappa shape index (κ2) is 5.64. The standard InChI is InChI=1S/C12H23NO3/c1-4-9(2)13-12(11(14)15)8-6-5-7-10(12)16-3/h9-10,13H,4-8H2,1-3H3,(H,14,15). The van der Waals surface area contributed by atoms with Gasteiger partial charge >= 0.3 is 5.97 Å². The van der Waals surface area contributed by atoms with E-state index in [0.717, 1.165) is 25.7 Å². The van der Waals surface area contributed by atoms with Crippen LogP contribution < -0.4 is 5.32 Å². The summed E-state index contributed by atoms with van der Waals surface area (Å²) in [4.78, 5) is 11.6. The van der Waals surface area contributed by atoms with Crippen LogP contribution in [0.2, 0.25) is 0 Å². The highest BCUT2D eigenvalue weighted by Crippen LogP contribution is 2.31. The van der Waals surface area contributed by atoms with Crippen LogP contribution in [0.4, 0.5) is 0 Å². The molecule has 1 fully saturated rings. The molecule has 94 valence electrons. The summed E-state index contributed by atoms with van der Waals surface area (Å²) in [5.41, 5.74) is -0.886. The number of ether oxygens (including phenoxy) is 1. The summed E-state index contributed by atoms with van der Waals surface area (Å²) in [6.45, 7) is 4.07. The van der Waals surface area contributed by atoms with Gasteiger partial charge in [-0.15, -0.1) is 0 Å². The van der Waals surface area contributed by atoms with Crippen LogP contribution in [0.15, 0.2) is 0 Å². The maximum Gasteiger partial charge on any atom is 0.326 e. The molecule has 1 aliphatic rings. The van der Waals surface area contributed by atoms with Crippen LogP contribution in [0.3, 0.4) is 0 Å². The number of carboxylic acids is 1. The van der Waals surface area contributed by atoms with Crippen LogP contribution >= 0.6 is 0 Å². The fraction of sp³-hybridized carbons (Fsp3) is 0.917. The van der Waals surface area contributed by atoms with Crippen LogP contribution in [0.1, 0.15) is 46.0 Å². The Morgan fingerprint density at radius 2 is 2.31 bits per heavy atom. The minimum absolute atomic E-state index is 0.201. The van der Waals surface area contributed by atoms with E-state index in [1.165, 1.54) is 0 Å². The Hall–Kier alpha value is -0.610. The normalized spacial score (nSPS) is 32.3. The molecule has 4 heteroatoms. The third-order valence-electron chi connectivity index (χ3n) is 3.62. The molecule has 1 aliphatic carbocycles. The van der Waals surface area contributed by atoms with E-state index in [1.807, 2.05) is 6.92 Å². The lowest BCUT2D eigenvalue weighted by Gasteiger charge is -2.42. The Balaban J connectivity index is 2.87. The number of carbonyl (C=O) groups is 1. The minimum atomic E-state index is -0.886. The van der Waals surface area contributed by atoms with E-state index in [-0.39, 0.29) is 12.1 Å². The van der Waals surface area contributed by atoms with E-state index in [4.69, 9.17) is 4.74 Å². The van der Waals surface area contributed by atoms with Crippen molar-refractivity contribution in [2.75, 3.05) is 7.11 Å². The summed E-state index contributed by atoms with van der Waals surface area (Å²) in [6, 6.07) is 0.201. The monoisotopic (exact) mass is 229 g/mol. The van der Waals surface area contributed by atoms with E-state index < -0.39 is 11.5 Å². The molecule has 1 rings (SSSR count). The van der Waals surface area contributed by atoms with Gasteiger partial charge in [-0.2, -0.15) is 0 Å². The summed E-state index contributed by atoms with van der Waals surface area (Å²) in [5.74, 6) is -0.778. The third kappa shape index (κ3) is 2.55. The Bertz CT molecular complexity index is 244. The molecule has 3 atom stereocenters. The number of rotatable bonds is 5. The van der Waals surface area contributed by atoms with Crippen molar-refractivity contribution in [1.29, 1.82) is 0 Å². The Labute approximate surface area is 97.4 Å². The Morgan fingerprint density at radius 1 is 1.62 bits per heavy atom. The summed E-state index contributed by atoms with van der Waals surface area (Å²) in [5, 5.41) is 12.8. The van der Waals surface area contributed by atoms with Crippen molar-refractivity contribution >= 4 is 5.97 Å². The molecule has 1 saturated carbocycles. The van der Waals surface area contributed by atoms with Crippen molar-refractivity contribution in [2.45, 2.75) is 63.6 Å². The van der Waals surface area contributed by atoms with Crippen LogP contribution in [0.25, 0.3) is 0 Å². The zero-order chi connectivity index (χ0) is 12.2. The van der Waals surface area contributed by atoms with Gasteiger partial charge in [0.1, 0.15) is 5.54 Å². The molecule has 0 aromatic rings. The second-order valence-electron chi connectivity index (χ2n) is 4.70. The van der Waals surface area contributed by atoms with Crippen molar-refractivity contribution < 1.29 is 14.6 Å². The first-order valence-corrected chi connectivity index (χ1v) is 6.10. The average Bonchev–Trinajstić information content (AvgIpc) is 2.29. The van der Waals surface area contributed by atoms with Crippen LogP contribution in [-0.2, 0) is 9.53 Å². The first-order chi connectivity index (χ1) is 7.56. The molecule has 0 heterocycles. The SMILES string of the molecule is CCC(C)NC1(C(=O)O)CCCCC1OC. The lowest BCUT2D eigenvalue weighted by molar-refractivity contribution is -0.155. The lowest BCUT2D eigenvalue weighted by Crippen LogP contribution is -2.64. The first kappa shape index (κ1) is 13.5. The smallest absolute Gasteiger partial charge is 0.326 e. The van der Waals surface area contributed by atoms with Gasteiger partial charge in [-0.1, -0.05) is 19.8 Å². The molecule has 0 spiro atoms. The molecule has 0 aliphatic heterocycles. The van der Waals surface area contributed by atoms with Gasteiger partial charge in [0.25, 0.3) is 0 Å². The summed E-state index contributed by atoms with van der Waals surface area (Å²) < 4.78 is 5.37. The lowest BCUT2D eigenvalue weighted by atomic mass is 9.78. The highest BCUT2D eigenvalue weighted by molar-refractivity contribution is 5.80. The van der Waals surface area contributed by atoms with Gasteiger partial charge in [0, 0.05) is 13.2 Å². The van der Waals surface area contributed by atoms with E-state index >= 15 is 0 Å². The van der Waals surface area contributed by atoms with Gasteiger partial charge < -0.3 is 9.84 Å². The fourth-order valence-corrected chi connectivity index (χ4v) is 2.47. The van der Waals surface area contributed by atoms with Gasteiger partial charge in [0.15, 0.2) is 0 Å². The quantitative estimate of drug-likeness (QED) is 0.754. The van der Waals surface area contributed by atoms with Crippen LogP contribution in [0.5, 0.6) is 0 Å². The van der Waals surface area contributed by atoms with Crippen LogP contribution in [-0.4, -0.2) is 35.9 Å². The average molecular weight is 229 g/mol. The van der Waals surface area contributed by atoms with E-state index in [9.17, 15) is 9.90 Å². The molecule has 0 bridgehead atoms. The fourth-order valence-electron chi connectivity index (χ4n) is 2.47. The predicted molar refractivity (Wildman–Crippen MR) is 62.5 cm³/mol. The molecule has 0 radical (unpaired) electrons. The minimum Gasteiger partial charge on any atom is -0.480 e. The van der Waals surface area contributed by atoms with E-state index in [1.54, 1.807) is 7.11 Å². The number of nitrogens with one attached hydrogen (secondary N) is 1. The van der Waals surface area contributed by atoms with Gasteiger partial charge in [0.05, 0.1) is 6.10 Å². The molecule has 4 nitrogen and oxygen atoms in total. The van der Waals surface area contributed by atoms with Gasteiger partial charge in [-0.25, -0.2) is 0 Å². The van der Waals surface area contributed by atoms with E-state index in [0.29, 0.717) is 6.42 Å². The summed E-state index contributed by atoms with van der Waals surface area (Å²) in [6.07, 6.45) is 4.20. The maximum atomic E-state index is 11.6. The number of methoxy groups -OCH3 is 1. The number of carboxylic acid groups (broad SMARTS) is 1. The molecule has 0 aromatic carbocycles. The van der Waals surface area contributed by atoms with Crippen molar-refractivity contribution in [3.8, 4) is 0 Å². The Kier molecular flexibility index (Phi) is 4.74. The highest BCUT2D eigenvalue weighted by Gasteiger charge is 2.48. The molecule has 0 amide bonds. The van der Waals surface area contributed by atoms with Crippen molar-refractivity contribution in [3.05, 3.63) is 0 Å². The second-order valence-corrected chi connectivity index (χ2v) is 4.70. The number of hydrogen-bond donors (Lipinski definition) is 2.